The highest BCUT2D eigenvalue weighted by atomic mass is 19.2. The minimum Gasteiger partial charge on any atom is -0.461 e. The van der Waals surface area contributed by atoms with Crippen molar-refractivity contribution in [3.63, 3.8) is 0 Å². The molecule has 3 fully saturated rings. The number of carbonyl (C=O) groups is 1. The number of carbonyl (C=O) groups excluding carboxylic acids is 1. The number of piperazine rings is 1. The minimum absolute atomic E-state index is 0.00308. The molecule has 0 spiro atoms. The summed E-state index contributed by atoms with van der Waals surface area (Å²) >= 11 is 0. The molecular formula is C40H37F4N9O2. The van der Waals surface area contributed by atoms with Crippen LogP contribution in [0.15, 0.2) is 48.7 Å². The number of hydrogen-bond acceptors (Lipinski definition) is 9. The lowest BCUT2D eigenvalue weighted by atomic mass is 9.95. The number of aromatic nitrogens is 5. The standard InChI is InChI=1S/C40H37F4N9O2/c1-23-16-27(48-24(2)47-23)9-11-32(54)53-15-14-51(21-28(53)18-45-3)38-30-19-46-36(29-7-4-6-25-8-10-31(42)34(43)33(25)29)35(44)37(30)49-39(50-38)55-22-40-12-5-13-52(40)20-26(41)17-40/h4,6-11,16,19,26,28H,5,12-15,17-18,20-22H2,1-2H3/b11-9+/t26-,28+,40+/m1/s1. The lowest BCUT2D eigenvalue weighted by Crippen LogP contribution is -2.56. The van der Waals surface area contributed by atoms with Gasteiger partial charge in [0.2, 0.25) is 12.5 Å². The number of benzene rings is 2. The van der Waals surface area contributed by atoms with Gasteiger partial charge in [-0.2, -0.15) is 9.97 Å². The topological polar surface area (TPSA) is 105 Å². The molecule has 0 N–H and O–H groups in total. The molecule has 0 saturated carbocycles. The maximum absolute atomic E-state index is 16.9. The molecule has 15 heteroatoms. The largest absolute Gasteiger partial charge is 0.461 e. The first-order valence-corrected chi connectivity index (χ1v) is 18.2. The highest BCUT2D eigenvalue weighted by molar-refractivity contribution is 5.99. The molecule has 0 radical (unpaired) electrons. The Labute approximate surface area is 314 Å². The van der Waals surface area contributed by atoms with Gasteiger partial charge in [0.1, 0.15) is 41.7 Å². The van der Waals surface area contributed by atoms with Gasteiger partial charge in [-0.3, -0.25) is 14.7 Å². The smallest absolute Gasteiger partial charge is 0.319 e. The fourth-order valence-electron chi connectivity index (χ4n) is 8.35. The quantitative estimate of drug-likeness (QED) is 0.103. The van der Waals surface area contributed by atoms with E-state index in [9.17, 15) is 13.6 Å². The average Bonchev–Trinajstić information content (AvgIpc) is 3.69. The van der Waals surface area contributed by atoms with E-state index in [2.05, 4.69) is 29.7 Å². The van der Waals surface area contributed by atoms with Crippen LogP contribution in [0.5, 0.6) is 6.01 Å². The minimum atomic E-state index is -1.12. The van der Waals surface area contributed by atoms with Gasteiger partial charge in [0.05, 0.1) is 16.6 Å². The number of ether oxygens (including phenoxy) is 1. The van der Waals surface area contributed by atoms with Crippen LogP contribution in [0.25, 0.3) is 43.9 Å². The second kappa shape index (κ2) is 14.5. The lowest BCUT2D eigenvalue weighted by Gasteiger charge is -2.39. The highest BCUT2D eigenvalue weighted by Crippen LogP contribution is 2.41. The Morgan fingerprint density at radius 1 is 1.05 bits per heavy atom. The van der Waals surface area contributed by atoms with E-state index in [1.165, 1.54) is 24.4 Å². The van der Waals surface area contributed by atoms with Crippen LogP contribution in [0.1, 0.15) is 36.5 Å². The van der Waals surface area contributed by atoms with E-state index in [0.717, 1.165) is 31.1 Å². The number of anilines is 1. The highest BCUT2D eigenvalue weighted by Gasteiger charge is 2.49. The van der Waals surface area contributed by atoms with Gasteiger partial charge in [-0.1, -0.05) is 24.3 Å². The molecule has 55 heavy (non-hydrogen) atoms. The van der Waals surface area contributed by atoms with Crippen molar-refractivity contribution in [1.29, 1.82) is 0 Å². The molecule has 3 aromatic heterocycles. The van der Waals surface area contributed by atoms with Crippen LogP contribution < -0.4 is 9.64 Å². The molecule has 8 rings (SSSR count). The number of pyridine rings is 1. The first-order valence-electron chi connectivity index (χ1n) is 18.2. The van der Waals surface area contributed by atoms with Crippen molar-refractivity contribution >= 4 is 39.5 Å². The summed E-state index contributed by atoms with van der Waals surface area (Å²) < 4.78 is 67.4. The summed E-state index contributed by atoms with van der Waals surface area (Å²) in [6.45, 7) is 13.1. The Balaban J connectivity index is 1.17. The number of alkyl halides is 1. The van der Waals surface area contributed by atoms with Crippen LogP contribution in [0.4, 0.5) is 23.4 Å². The monoisotopic (exact) mass is 751 g/mol. The Kier molecular flexibility index (Phi) is 9.54. The Morgan fingerprint density at radius 2 is 1.91 bits per heavy atom. The molecule has 0 aliphatic carbocycles. The molecule has 3 atom stereocenters. The summed E-state index contributed by atoms with van der Waals surface area (Å²) in [5.74, 6) is -2.53. The molecule has 0 unspecified atom stereocenters. The van der Waals surface area contributed by atoms with E-state index in [-0.39, 0.29) is 78.1 Å². The number of aryl methyl sites for hydroxylation is 2. The van der Waals surface area contributed by atoms with Crippen LogP contribution in [0.3, 0.4) is 0 Å². The Bertz CT molecular complexity index is 2390. The summed E-state index contributed by atoms with van der Waals surface area (Å²) in [5, 5.41) is 0.466. The fourth-order valence-corrected chi connectivity index (χ4v) is 8.35. The average molecular weight is 752 g/mol. The molecule has 5 aromatic rings. The third-order valence-corrected chi connectivity index (χ3v) is 10.8. The predicted octanol–water partition coefficient (Wildman–Crippen LogP) is 6.27. The lowest BCUT2D eigenvalue weighted by molar-refractivity contribution is -0.128. The second-order valence-electron chi connectivity index (χ2n) is 14.4. The third kappa shape index (κ3) is 6.79. The van der Waals surface area contributed by atoms with Gasteiger partial charge in [-0.05, 0) is 56.8 Å². The van der Waals surface area contributed by atoms with Crippen molar-refractivity contribution < 1.29 is 27.1 Å². The first-order chi connectivity index (χ1) is 26.5. The molecule has 6 heterocycles. The summed E-state index contributed by atoms with van der Waals surface area (Å²) in [6.07, 6.45) is 5.38. The van der Waals surface area contributed by atoms with E-state index in [1.807, 2.05) is 11.8 Å². The molecular weight excluding hydrogens is 714 g/mol. The fraction of sp³-hybridized carbons (Fsp3) is 0.375. The van der Waals surface area contributed by atoms with Crippen molar-refractivity contribution in [2.45, 2.75) is 50.9 Å². The Morgan fingerprint density at radius 3 is 2.73 bits per heavy atom. The number of hydrogen-bond donors (Lipinski definition) is 0. The zero-order valence-corrected chi connectivity index (χ0v) is 30.3. The van der Waals surface area contributed by atoms with Gasteiger partial charge in [0.15, 0.2) is 17.5 Å². The summed E-state index contributed by atoms with van der Waals surface area (Å²) in [4.78, 5) is 45.0. The van der Waals surface area contributed by atoms with Crippen molar-refractivity contribution in [1.82, 2.24) is 34.7 Å². The van der Waals surface area contributed by atoms with Crippen LogP contribution in [-0.4, -0.2) is 104 Å². The number of nitrogens with zero attached hydrogens (tertiary/aromatic N) is 9. The third-order valence-electron chi connectivity index (χ3n) is 10.8. The summed E-state index contributed by atoms with van der Waals surface area (Å²) in [5.41, 5.74) is 0.467. The van der Waals surface area contributed by atoms with Crippen molar-refractivity contribution in [3.8, 4) is 17.3 Å². The van der Waals surface area contributed by atoms with Crippen LogP contribution in [0, 0.1) is 37.9 Å². The number of amides is 1. The predicted molar refractivity (Wildman–Crippen MR) is 198 cm³/mol. The summed E-state index contributed by atoms with van der Waals surface area (Å²) in [6, 6.07) is 8.17. The molecule has 2 aromatic carbocycles. The van der Waals surface area contributed by atoms with Crippen molar-refractivity contribution in [2.24, 2.45) is 0 Å². The number of rotatable bonds is 8. The maximum atomic E-state index is 16.9. The molecule has 11 nitrogen and oxygen atoms in total. The van der Waals surface area contributed by atoms with Crippen molar-refractivity contribution in [3.05, 3.63) is 94.8 Å². The van der Waals surface area contributed by atoms with Crippen LogP contribution in [-0.2, 0) is 4.79 Å². The van der Waals surface area contributed by atoms with E-state index in [4.69, 9.17) is 16.3 Å². The SMILES string of the molecule is [C-]#[N+]C[C@H]1CN(c2nc(OC[C@@]34CCCN3C[C@H](F)C4)nc3c(F)c(-c4cccc5ccc(F)c(F)c45)ncc23)CCN1C(=O)/C=C/c1cc(C)nc(C)n1. The molecule has 3 saturated heterocycles. The van der Waals surface area contributed by atoms with Crippen LogP contribution >= 0.6 is 0 Å². The normalized spacial score (nSPS) is 21.5. The van der Waals surface area contributed by atoms with Gasteiger partial charge in [0.25, 0.3) is 0 Å². The van der Waals surface area contributed by atoms with E-state index < -0.39 is 35.2 Å². The zero-order chi connectivity index (χ0) is 38.4. The molecule has 3 aliphatic rings. The van der Waals surface area contributed by atoms with E-state index in [0.29, 0.717) is 29.9 Å². The van der Waals surface area contributed by atoms with Crippen LogP contribution in [0.2, 0.25) is 0 Å². The maximum Gasteiger partial charge on any atom is 0.319 e. The summed E-state index contributed by atoms with van der Waals surface area (Å²) in [7, 11) is 0. The Hall–Kier alpha value is -5.75. The molecule has 282 valence electrons. The molecule has 3 aliphatic heterocycles. The van der Waals surface area contributed by atoms with Gasteiger partial charge in [-0.25, -0.2) is 34.1 Å². The second-order valence-corrected chi connectivity index (χ2v) is 14.4. The zero-order valence-electron chi connectivity index (χ0n) is 30.3. The number of halogens is 4. The van der Waals surface area contributed by atoms with Gasteiger partial charge < -0.3 is 19.4 Å². The van der Waals surface area contributed by atoms with Crippen molar-refractivity contribution in [2.75, 3.05) is 50.8 Å². The van der Waals surface area contributed by atoms with E-state index >= 15 is 8.78 Å². The first kappa shape index (κ1) is 36.2. The van der Waals surface area contributed by atoms with Gasteiger partial charge in [-0.15, -0.1) is 0 Å². The molecule has 0 bridgehead atoms. The van der Waals surface area contributed by atoms with E-state index in [1.54, 1.807) is 36.1 Å². The number of fused-ring (bicyclic) bond motifs is 3. The van der Waals surface area contributed by atoms with Gasteiger partial charge >= 0.3 is 6.01 Å². The van der Waals surface area contributed by atoms with Gasteiger partial charge in [0, 0.05) is 61.5 Å². The molecule has 1 amide bonds.